The van der Waals surface area contributed by atoms with Gasteiger partial charge in [-0.05, 0) is 6.92 Å². The number of carbonyl (C=O) groups excluding carboxylic acids is 1. The van der Waals surface area contributed by atoms with Crippen molar-refractivity contribution in [3.8, 4) is 6.07 Å². The summed E-state index contributed by atoms with van der Waals surface area (Å²) in [5.74, 6) is -0.248. The topological polar surface area (TPSA) is 40.9 Å². The van der Waals surface area contributed by atoms with E-state index in [0.29, 0.717) is 0 Å². The number of Topliss-reactive ketones (excluding diaryl/α,β-unsaturated/α-hetero) is 1. The average Bonchev–Trinajstić information content (AvgIpc) is 2.00. The van der Waals surface area contributed by atoms with Gasteiger partial charge in [-0.3, -0.25) is 4.79 Å². The minimum Gasteiger partial charge on any atom is -0.292 e. The maximum Gasteiger partial charge on any atom is 0.186 e. The number of hydrogen-bond acceptors (Lipinski definition) is 4. The summed E-state index contributed by atoms with van der Waals surface area (Å²) in [6.45, 7) is 4.97. The Labute approximate surface area is 69.1 Å². The van der Waals surface area contributed by atoms with E-state index in [2.05, 4.69) is 18.2 Å². The quantitative estimate of drug-likeness (QED) is 0.305. The summed E-state index contributed by atoms with van der Waals surface area (Å²) in [6.07, 6.45) is 0. The Bertz CT molecular complexity index is 194. The molecule has 4 heteroatoms. The Kier molecular flexibility index (Phi) is 4.24. The second-order valence-electron chi connectivity index (χ2n) is 1.70. The van der Waals surface area contributed by atoms with Crippen LogP contribution in [0.5, 0.6) is 0 Å². The van der Waals surface area contributed by atoms with Crippen LogP contribution in [0.1, 0.15) is 6.92 Å². The first kappa shape index (κ1) is 9.60. The number of hydrogen-bond donors (Lipinski definition) is 1. The second kappa shape index (κ2) is 4.42. The Morgan fingerprint density at radius 3 is 2.70 bits per heavy atom. The third-order valence-electron chi connectivity index (χ3n) is 0.960. The van der Waals surface area contributed by atoms with Crippen molar-refractivity contribution in [2.75, 3.05) is 0 Å². The van der Waals surface area contributed by atoms with Crippen LogP contribution in [0, 0.1) is 11.3 Å². The molecular formula is C6H7NOS2. The molecule has 0 heterocycles. The Morgan fingerprint density at radius 1 is 1.90 bits per heavy atom. The molecule has 1 atom stereocenters. The van der Waals surface area contributed by atoms with Gasteiger partial charge in [-0.2, -0.15) is 5.26 Å². The SMILES string of the molecule is C=C(C#N)C(=O)C(C)SS. The van der Waals surface area contributed by atoms with E-state index in [1.165, 1.54) is 0 Å². The standard InChI is InChI=1S/C6H7NOS2/c1-4(3-7)6(8)5(2)10-9/h5,9H,1H2,2H3. The van der Waals surface area contributed by atoms with Crippen molar-refractivity contribution in [2.24, 2.45) is 0 Å². The van der Waals surface area contributed by atoms with Gasteiger partial charge in [0.2, 0.25) is 0 Å². The molecule has 1 unspecified atom stereocenters. The zero-order valence-corrected chi connectivity index (χ0v) is 7.21. The third kappa shape index (κ3) is 2.46. The van der Waals surface area contributed by atoms with Gasteiger partial charge < -0.3 is 0 Å². The number of rotatable bonds is 3. The summed E-state index contributed by atoms with van der Waals surface area (Å²) in [5.41, 5.74) is -0.00551. The van der Waals surface area contributed by atoms with Crippen molar-refractivity contribution in [3.05, 3.63) is 12.2 Å². The highest BCUT2D eigenvalue weighted by molar-refractivity contribution is 8.69. The van der Waals surface area contributed by atoms with Crippen LogP contribution in [-0.4, -0.2) is 11.0 Å². The molecule has 2 nitrogen and oxygen atoms in total. The highest BCUT2D eigenvalue weighted by Gasteiger charge is 2.14. The number of carbonyl (C=O) groups is 1. The van der Waals surface area contributed by atoms with E-state index in [9.17, 15) is 4.79 Å². The third-order valence-corrected chi connectivity index (χ3v) is 2.44. The summed E-state index contributed by atoms with van der Waals surface area (Å²) in [5, 5.41) is 7.96. The summed E-state index contributed by atoms with van der Waals surface area (Å²) < 4.78 is 0. The zero-order chi connectivity index (χ0) is 8.15. The molecular weight excluding hydrogens is 166 g/mol. The van der Waals surface area contributed by atoms with E-state index in [1.54, 1.807) is 13.0 Å². The summed E-state index contributed by atoms with van der Waals surface area (Å²) in [6, 6.07) is 1.69. The smallest absolute Gasteiger partial charge is 0.186 e. The van der Waals surface area contributed by atoms with Crippen molar-refractivity contribution in [3.63, 3.8) is 0 Å². The molecule has 0 aliphatic carbocycles. The van der Waals surface area contributed by atoms with Crippen molar-refractivity contribution in [1.29, 1.82) is 5.26 Å². The molecule has 0 aliphatic rings. The zero-order valence-electron chi connectivity index (χ0n) is 5.50. The van der Waals surface area contributed by atoms with Gasteiger partial charge in [-0.25, -0.2) is 0 Å². The molecule has 0 aromatic heterocycles. The van der Waals surface area contributed by atoms with Gasteiger partial charge in [0.05, 0.1) is 10.8 Å². The van der Waals surface area contributed by atoms with Crippen LogP contribution in [0.3, 0.4) is 0 Å². The van der Waals surface area contributed by atoms with Crippen LogP contribution in [0.25, 0.3) is 0 Å². The number of ketones is 1. The molecule has 0 amide bonds. The summed E-state index contributed by atoms with van der Waals surface area (Å²) >= 11 is 3.83. The number of nitrogens with zero attached hydrogens (tertiary/aromatic N) is 1. The van der Waals surface area contributed by atoms with Crippen molar-refractivity contribution in [1.82, 2.24) is 0 Å². The van der Waals surface area contributed by atoms with Crippen molar-refractivity contribution >= 4 is 28.2 Å². The molecule has 0 aliphatic heterocycles. The van der Waals surface area contributed by atoms with E-state index in [0.717, 1.165) is 10.8 Å². The lowest BCUT2D eigenvalue weighted by molar-refractivity contribution is -0.114. The highest BCUT2D eigenvalue weighted by Crippen LogP contribution is 2.17. The van der Waals surface area contributed by atoms with Gasteiger partial charge in [0, 0.05) is 0 Å². The first-order valence-electron chi connectivity index (χ1n) is 2.57. The highest BCUT2D eigenvalue weighted by atomic mass is 33.1. The predicted octanol–water partition coefficient (Wildman–Crippen LogP) is 1.60. The molecule has 0 radical (unpaired) electrons. The van der Waals surface area contributed by atoms with Crippen LogP contribution in [0.15, 0.2) is 12.2 Å². The van der Waals surface area contributed by atoms with E-state index >= 15 is 0 Å². The van der Waals surface area contributed by atoms with Crippen LogP contribution in [0.4, 0.5) is 0 Å². The molecule has 0 rings (SSSR count). The number of nitriles is 1. The lowest BCUT2D eigenvalue weighted by atomic mass is 10.2. The molecule has 54 valence electrons. The normalized spacial score (nSPS) is 11.7. The Balaban J connectivity index is 4.12. The summed E-state index contributed by atoms with van der Waals surface area (Å²) in [4.78, 5) is 10.9. The second-order valence-corrected chi connectivity index (χ2v) is 3.25. The first-order chi connectivity index (χ1) is 4.63. The lowest BCUT2D eigenvalue weighted by Gasteiger charge is -2.01. The minimum atomic E-state index is -0.282. The van der Waals surface area contributed by atoms with Crippen LogP contribution in [-0.2, 0) is 4.79 Å². The predicted molar refractivity (Wildman–Crippen MR) is 45.8 cm³/mol. The van der Waals surface area contributed by atoms with E-state index in [1.807, 2.05) is 0 Å². The van der Waals surface area contributed by atoms with Gasteiger partial charge in [-0.15, -0.1) is 11.7 Å². The lowest BCUT2D eigenvalue weighted by Crippen LogP contribution is -2.12. The number of thiol groups is 1. The fraction of sp³-hybridized carbons (Fsp3) is 0.333. The van der Waals surface area contributed by atoms with Crippen molar-refractivity contribution < 1.29 is 4.79 Å². The van der Waals surface area contributed by atoms with Crippen molar-refractivity contribution in [2.45, 2.75) is 12.2 Å². The van der Waals surface area contributed by atoms with Gasteiger partial charge in [0.1, 0.15) is 6.07 Å². The van der Waals surface area contributed by atoms with Gasteiger partial charge in [-0.1, -0.05) is 17.4 Å². The Morgan fingerprint density at radius 2 is 2.40 bits per heavy atom. The van der Waals surface area contributed by atoms with Gasteiger partial charge in [0.15, 0.2) is 5.78 Å². The molecule has 0 fully saturated rings. The molecule has 0 saturated carbocycles. The van der Waals surface area contributed by atoms with Crippen LogP contribution in [0.2, 0.25) is 0 Å². The minimum absolute atomic E-state index is 0.00551. The fourth-order valence-electron chi connectivity index (χ4n) is 0.348. The van der Waals surface area contributed by atoms with Gasteiger partial charge >= 0.3 is 0 Å². The molecule has 0 spiro atoms. The monoisotopic (exact) mass is 173 g/mol. The van der Waals surface area contributed by atoms with Gasteiger partial charge in [0.25, 0.3) is 0 Å². The van der Waals surface area contributed by atoms with E-state index in [4.69, 9.17) is 5.26 Å². The molecule has 10 heavy (non-hydrogen) atoms. The van der Waals surface area contributed by atoms with Crippen LogP contribution < -0.4 is 0 Å². The maximum absolute atomic E-state index is 10.9. The summed E-state index contributed by atoms with van der Waals surface area (Å²) in [7, 11) is 1.11. The largest absolute Gasteiger partial charge is 0.292 e. The molecule has 0 N–H and O–H groups in total. The van der Waals surface area contributed by atoms with E-state index < -0.39 is 0 Å². The fourth-order valence-corrected chi connectivity index (χ4v) is 0.874. The van der Waals surface area contributed by atoms with E-state index in [-0.39, 0.29) is 16.6 Å². The number of allylic oxidation sites excluding steroid dienone is 1. The average molecular weight is 173 g/mol. The molecule has 0 saturated heterocycles. The first-order valence-corrected chi connectivity index (χ1v) is 4.50. The Hall–Kier alpha value is -0.400. The maximum atomic E-state index is 10.9. The molecule has 0 bridgehead atoms. The van der Waals surface area contributed by atoms with Crippen LogP contribution >= 0.6 is 22.5 Å². The molecule has 0 aromatic rings. The molecule has 0 aromatic carbocycles.